The van der Waals surface area contributed by atoms with Crippen molar-refractivity contribution in [3.63, 3.8) is 0 Å². The summed E-state index contributed by atoms with van der Waals surface area (Å²) in [5.74, 6) is 2.88. The summed E-state index contributed by atoms with van der Waals surface area (Å²) in [5, 5.41) is 0. The fraction of sp³-hybridized carbons (Fsp3) is 1.00. The third-order valence-corrected chi connectivity index (χ3v) is 3.47. The first-order valence-corrected chi connectivity index (χ1v) is 5.03. The third-order valence-electron chi connectivity index (χ3n) is 3.47. The molecular formula is C10H19N. The first kappa shape index (κ1) is 7.60. The molecule has 0 aliphatic heterocycles. The molecule has 0 bridgehead atoms. The second-order valence-corrected chi connectivity index (χ2v) is 4.60. The van der Waals surface area contributed by atoms with Gasteiger partial charge in [-0.25, -0.2) is 0 Å². The highest BCUT2D eigenvalue weighted by atomic mass is 14.8. The van der Waals surface area contributed by atoms with Crippen LogP contribution in [0.5, 0.6) is 0 Å². The summed E-state index contributed by atoms with van der Waals surface area (Å²) >= 11 is 0. The van der Waals surface area contributed by atoms with Crippen molar-refractivity contribution >= 4 is 0 Å². The van der Waals surface area contributed by atoms with E-state index in [1.165, 1.54) is 32.1 Å². The Bertz CT molecular complexity index is 144. The van der Waals surface area contributed by atoms with Gasteiger partial charge in [-0.1, -0.05) is 26.2 Å². The van der Waals surface area contributed by atoms with Gasteiger partial charge in [0.15, 0.2) is 0 Å². The van der Waals surface area contributed by atoms with Crippen LogP contribution in [0, 0.1) is 17.8 Å². The lowest BCUT2D eigenvalue weighted by molar-refractivity contribution is 0.254. The van der Waals surface area contributed by atoms with Crippen molar-refractivity contribution < 1.29 is 0 Å². The van der Waals surface area contributed by atoms with Gasteiger partial charge in [0.05, 0.1) is 0 Å². The molecule has 2 N–H and O–H groups in total. The van der Waals surface area contributed by atoms with E-state index in [9.17, 15) is 0 Å². The van der Waals surface area contributed by atoms with Gasteiger partial charge in [0.2, 0.25) is 0 Å². The van der Waals surface area contributed by atoms with E-state index in [1.807, 2.05) is 0 Å². The van der Waals surface area contributed by atoms with Gasteiger partial charge >= 0.3 is 0 Å². The highest BCUT2D eigenvalue weighted by molar-refractivity contribution is 4.95. The summed E-state index contributed by atoms with van der Waals surface area (Å²) in [5.41, 5.74) is 5.84. The molecule has 0 saturated heterocycles. The standard InChI is InChI=1S/C10H19N/c1-7-3-2-4-8(5-7)9-6-10(9)11/h7-10H,2-6,11H2,1H3. The molecule has 2 aliphatic carbocycles. The highest BCUT2D eigenvalue weighted by Crippen LogP contribution is 2.44. The molecule has 0 spiro atoms. The Morgan fingerprint density at radius 3 is 2.45 bits per heavy atom. The summed E-state index contributed by atoms with van der Waals surface area (Å²) < 4.78 is 0. The molecule has 0 heterocycles. The predicted molar refractivity (Wildman–Crippen MR) is 47.2 cm³/mol. The van der Waals surface area contributed by atoms with Crippen molar-refractivity contribution in [1.29, 1.82) is 0 Å². The van der Waals surface area contributed by atoms with Gasteiger partial charge in [0, 0.05) is 6.04 Å². The van der Waals surface area contributed by atoms with Crippen molar-refractivity contribution in [3.05, 3.63) is 0 Å². The van der Waals surface area contributed by atoms with Crippen molar-refractivity contribution in [2.45, 2.75) is 45.1 Å². The summed E-state index contributed by atoms with van der Waals surface area (Å²) in [6.07, 6.45) is 7.14. The maximum Gasteiger partial charge on any atom is 0.00737 e. The normalized spacial score (nSPS) is 50.7. The van der Waals surface area contributed by atoms with Crippen LogP contribution in [0.15, 0.2) is 0 Å². The Kier molecular flexibility index (Phi) is 1.92. The van der Waals surface area contributed by atoms with Crippen LogP contribution in [0.2, 0.25) is 0 Å². The quantitative estimate of drug-likeness (QED) is 0.614. The number of rotatable bonds is 1. The van der Waals surface area contributed by atoms with Crippen LogP contribution in [-0.4, -0.2) is 6.04 Å². The lowest BCUT2D eigenvalue weighted by atomic mass is 9.80. The molecule has 2 fully saturated rings. The van der Waals surface area contributed by atoms with Crippen LogP contribution >= 0.6 is 0 Å². The van der Waals surface area contributed by atoms with Crippen molar-refractivity contribution in [2.75, 3.05) is 0 Å². The summed E-state index contributed by atoms with van der Waals surface area (Å²) in [7, 11) is 0. The van der Waals surface area contributed by atoms with Gasteiger partial charge < -0.3 is 5.73 Å². The zero-order valence-corrected chi connectivity index (χ0v) is 7.42. The predicted octanol–water partition coefficient (Wildman–Crippen LogP) is 2.16. The molecule has 0 aromatic heterocycles. The molecular weight excluding hydrogens is 134 g/mol. The monoisotopic (exact) mass is 153 g/mol. The first-order chi connectivity index (χ1) is 5.27. The van der Waals surface area contributed by atoms with E-state index in [0.29, 0.717) is 6.04 Å². The summed E-state index contributed by atoms with van der Waals surface area (Å²) in [4.78, 5) is 0. The first-order valence-electron chi connectivity index (χ1n) is 5.03. The van der Waals surface area contributed by atoms with Crippen LogP contribution in [0.25, 0.3) is 0 Å². The van der Waals surface area contributed by atoms with E-state index in [1.54, 1.807) is 0 Å². The summed E-state index contributed by atoms with van der Waals surface area (Å²) in [6.45, 7) is 2.39. The minimum Gasteiger partial charge on any atom is -0.327 e. The van der Waals surface area contributed by atoms with Gasteiger partial charge in [0.25, 0.3) is 0 Å². The van der Waals surface area contributed by atoms with Gasteiger partial charge in [0.1, 0.15) is 0 Å². The Morgan fingerprint density at radius 2 is 1.91 bits per heavy atom. The lowest BCUT2D eigenvalue weighted by Crippen LogP contribution is -2.18. The molecule has 0 aromatic rings. The molecule has 2 rings (SSSR count). The second-order valence-electron chi connectivity index (χ2n) is 4.60. The maximum absolute atomic E-state index is 5.84. The van der Waals surface area contributed by atoms with E-state index in [-0.39, 0.29) is 0 Å². The van der Waals surface area contributed by atoms with Gasteiger partial charge in [-0.15, -0.1) is 0 Å². The Morgan fingerprint density at radius 1 is 1.18 bits per heavy atom. The molecule has 4 atom stereocenters. The van der Waals surface area contributed by atoms with Crippen LogP contribution in [0.1, 0.15) is 39.0 Å². The molecule has 2 saturated carbocycles. The maximum atomic E-state index is 5.84. The average molecular weight is 153 g/mol. The SMILES string of the molecule is CC1CCCC(C2CC2N)C1. The average Bonchev–Trinajstić information content (AvgIpc) is 2.67. The second kappa shape index (κ2) is 2.78. The minimum atomic E-state index is 0.574. The number of hydrogen-bond acceptors (Lipinski definition) is 1. The molecule has 0 aromatic carbocycles. The van der Waals surface area contributed by atoms with Gasteiger partial charge in [-0.05, 0) is 30.6 Å². The van der Waals surface area contributed by atoms with Crippen molar-refractivity contribution in [2.24, 2.45) is 23.5 Å². The molecule has 4 unspecified atom stereocenters. The van der Waals surface area contributed by atoms with Crippen LogP contribution in [0.3, 0.4) is 0 Å². The summed E-state index contributed by atoms with van der Waals surface area (Å²) in [6, 6.07) is 0.574. The smallest absolute Gasteiger partial charge is 0.00737 e. The van der Waals surface area contributed by atoms with Gasteiger partial charge in [-0.3, -0.25) is 0 Å². The molecule has 1 heteroatoms. The molecule has 0 amide bonds. The van der Waals surface area contributed by atoms with E-state index in [2.05, 4.69) is 6.92 Å². The van der Waals surface area contributed by atoms with Crippen LogP contribution < -0.4 is 5.73 Å². The zero-order chi connectivity index (χ0) is 7.84. The van der Waals surface area contributed by atoms with E-state index >= 15 is 0 Å². The Balaban J connectivity index is 1.84. The highest BCUT2D eigenvalue weighted by Gasteiger charge is 2.41. The topological polar surface area (TPSA) is 26.0 Å². The Labute approximate surface area is 69.4 Å². The lowest BCUT2D eigenvalue weighted by Gasteiger charge is -2.26. The minimum absolute atomic E-state index is 0.574. The Hall–Kier alpha value is -0.0400. The number of hydrogen-bond donors (Lipinski definition) is 1. The van der Waals surface area contributed by atoms with Crippen LogP contribution in [0.4, 0.5) is 0 Å². The zero-order valence-electron chi connectivity index (χ0n) is 7.42. The fourth-order valence-corrected chi connectivity index (χ4v) is 2.65. The largest absolute Gasteiger partial charge is 0.327 e. The van der Waals surface area contributed by atoms with Gasteiger partial charge in [-0.2, -0.15) is 0 Å². The fourth-order valence-electron chi connectivity index (χ4n) is 2.65. The molecule has 2 aliphatic rings. The molecule has 1 nitrogen and oxygen atoms in total. The third kappa shape index (κ3) is 1.58. The molecule has 0 radical (unpaired) electrons. The molecule has 64 valence electrons. The van der Waals surface area contributed by atoms with E-state index in [4.69, 9.17) is 5.73 Å². The van der Waals surface area contributed by atoms with Crippen LogP contribution in [-0.2, 0) is 0 Å². The van der Waals surface area contributed by atoms with Crippen molar-refractivity contribution in [3.8, 4) is 0 Å². The van der Waals surface area contributed by atoms with E-state index in [0.717, 1.165) is 17.8 Å². The number of nitrogens with two attached hydrogens (primary N) is 1. The van der Waals surface area contributed by atoms with E-state index < -0.39 is 0 Å². The molecule has 11 heavy (non-hydrogen) atoms. The van der Waals surface area contributed by atoms with Crippen molar-refractivity contribution in [1.82, 2.24) is 0 Å².